The summed E-state index contributed by atoms with van der Waals surface area (Å²) in [6.07, 6.45) is 1.75. The van der Waals surface area contributed by atoms with Crippen molar-refractivity contribution in [3.63, 3.8) is 0 Å². The maximum Gasteiger partial charge on any atom is 0.124 e. The number of hydrogen-bond acceptors (Lipinski definition) is 4. The molecule has 0 spiro atoms. The predicted octanol–water partition coefficient (Wildman–Crippen LogP) is 1.78. The van der Waals surface area contributed by atoms with Crippen molar-refractivity contribution >= 4 is 21.6 Å². The molecule has 0 bridgehead atoms. The number of aliphatic hydroxyl groups is 1. The molecule has 1 aromatic heterocycles. The van der Waals surface area contributed by atoms with Gasteiger partial charge in [-0.05, 0) is 34.1 Å². The molecule has 0 saturated heterocycles. The Labute approximate surface area is 112 Å². The molecule has 0 aliphatic heterocycles. The summed E-state index contributed by atoms with van der Waals surface area (Å²) in [5, 5.41) is 19.7. The van der Waals surface area contributed by atoms with Gasteiger partial charge in [-0.15, -0.1) is 5.10 Å². The number of aromatic nitrogens is 3. The average molecular weight is 315 g/mol. The molecule has 96 valence electrons. The summed E-state index contributed by atoms with van der Waals surface area (Å²) in [6.45, 7) is 0.933. The van der Waals surface area contributed by atoms with Crippen molar-refractivity contribution in [1.82, 2.24) is 15.0 Å². The predicted molar refractivity (Wildman–Crippen MR) is 68.5 cm³/mol. The molecule has 2 rings (SSSR count). The molecule has 0 fully saturated rings. The first-order valence-electron chi connectivity index (χ1n) is 5.38. The lowest BCUT2D eigenvalue weighted by atomic mass is 10.3. The van der Waals surface area contributed by atoms with Crippen molar-refractivity contribution in [2.75, 3.05) is 11.9 Å². The maximum atomic E-state index is 12.9. The molecule has 1 aromatic carbocycles. The zero-order valence-electron chi connectivity index (χ0n) is 9.48. The van der Waals surface area contributed by atoms with Crippen molar-refractivity contribution in [3.8, 4) is 0 Å². The largest absolute Gasteiger partial charge is 0.394 e. The smallest absolute Gasteiger partial charge is 0.124 e. The zero-order valence-corrected chi connectivity index (χ0v) is 11.1. The molecule has 0 radical (unpaired) electrons. The van der Waals surface area contributed by atoms with E-state index in [2.05, 4.69) is 31.6 Å². The SMILES string of the molecule is OCCn1cc(CNc2ccc(F)cc2Br)nn1. The van der Waals surface area contributed by atoms with Crippen molar-refractivity contribution in [1.29, 1.82) is 0 Å². The van der Waals surface area contributed by atoms with Crippen LogP contribution < -0.4 is 5.32 Å². The third kappa shape index (κ3) is 3.27. The van der Waals surface area contributed by atoms with E-state index in [-0.39, 0.29) is 12.4 Å². The molecular weight excluding hydrogens is 303 g/mol. The van der Waals surface area contributed by atoms with Gasteiger partial charge in [0.15, 0.2) is 0 Å². The van der Waals surface area contributed by atoms with Gasteiger partial charge in [0.25, 0.3) is 0 Å². The molecule has 2 aromatic rings. The summed E-state index contributed by atoms with van der Waals surface area (Å²) >= 11 is 3.27. The van der Waals surface area contributed by atoms with Crippen LogP contribution >= 0.6 is 15.9 Å². The monoisotopic (exact) mass is 314 g/mol. The second kappa shape index (κ2) is 5.92. The molecule has 5 nitrogen and oxygen atoms in total. The van der Waals surface area contributed by atoms with Gasteiger partial charge in [0.05, 0.1) is 25.9 Å². The molecule has 18 heavy (non-hydrogen) atoms. The molecule has 0 atom stereocenters. The zero-order chi connectivity index (χ0) is 13.0. The van der Waals surface area contributed by atoms with Gasteiger partial charge in [-0.2, -0.15) is 0 Å². The van der Waals surface area contributed by atoms with Crippen LogP contribution in [0.15, 0.2) is 28.9 Å². The number of nitrogens with one attached hydrogen (secondary N) is 1. The number of halogens is 2. The minimum atomic E-state index is -0.290. The average Bonchev–Trinajstić information content (AvgIpc) is 2.76. The molecule has 0 saturated carbocycles. The highest BCUT2D eigenvalue weighted by Gasteiger charge is 2.03. The van der Waals surface area contributed by atoms with Gasteiger partial charge in [-0.1, -0.05) is 5.21 Å². The Bertz CT molecular complexity index is 532. The molecule has 2 N–H and O–H groups in total. The van der Waals surface area contributed by atoms with Crippen LogP contribution in [0.3, 0.4) is 0 Å². The van der Waals surface area contributed by atoms with E-state index in [1.807, 2.05) is 0 Å². The quantitative estimate of drug-likeness (QED) is 0.883. The second-order valence-corrected chi connectivity index (χ2v) is 4.53. The highest BCUT2D eigenvalue weighted by Crippen LogP contribution is 2.23. The lowest BCUT2D eigenvalue weighted by Crippen LogP contribution is -2.02. The first-order chi connectivity index (χ1) is 8.69. The fourth-order valence-corrected chi connectivity index (χ4v) is 1.94. The summed E-state index contributed by atoms with van der Waals surface area (Å²) in [7, 11) is 0. The summed E-state index contributed by atoms with van der Waals surface area (Å²) in [5.74, 6) is -0.290. The first kappa shape index (κ1) is 13.0. The molecule has 1 heterocycles. The van der Waals surface area contributed by atoms with Gasteiger partial charge in [0, 0.05) is 10.2 Å². The minimum absolute atomic E-state index is 0.0275. The Morgan fingerprint density at radius 2 is 2.28 bits per heavy atom. The van der Waals surface area contributed by atoms with E-state index in [9.17, 15) is 4.39 Å². The highest BCUT2D eigenvalue weighted by molar-refractivity contribution is 9.10. The number of hydrogen-bond donors (Lipinski definition) is 2. The second-order valence-electron chi connectivity index (χ2n) is 3.67. The van der Waals surface area contributed by atoms with Crippen LogP contribution in [0.1, 0.15) is 5.69 Å². The van der Waals surface area contributed by atoms with Crippen LogP contribution in [0.4, 0.5) is 10.1 Å². The van der Waals surface area contributed by atoms with Crippen molar-refractivity contribution in [2.24, 2.45) is 0 Å². The van der Waals surface area contributed by atoms with Crippen LogP contribution in [0.5, 0.6) is 0 Å². The molecule has 0 unspecified atom stereocenters. The fraction of sp³-hybridized carbons (Fsp3) is 0.273. The topological polar surface area (TPSA) is 63.0 Å². The maximum absolute atomic E-state index is 12.9. The van der Waals surface area contributed by atoms with Crippen LogP contribution in [0.25, 0.3) is 0 Å². The molecule has 0 aliphatic carbocycles. The summed E-state index contributed by atoms with van der Waals surface area (Å²) in [5.41, 5.74) is 1.53. The van der Waals surface area contributed by atoms with Gasteiger partial charge < -0.3 is 10.4 Å². The number of benzene rings is 1. The number of nitrogens with zero attached hydrogens (tertiary/aromatic N) is 3. The van der Waals surface area contributed by atoms with E-state index >= 15 is 0 Å². The van der Waals surface area contributed by atoms with Crippen molar-refractivity contribution in [2.45, 2.75) is 13.1 Å². The van der Waals surface area contributed by atoms with Gasteiger partial charge >= 0.3 is 0 Å². The van der Waals surface area contributed by atoms with E-state index in [1.54, 1.807) is 16.9 Å². The van der Waals surface area contributed by atoms with Crippen molar-refractivity contribution < 1.29 is 9.50 Å². The van der Waals surface area contributed by atoms with Crippen LogP contribution in [0.2, 0.25) is 0 Å². The minimum Gasteiger partial charge on any atom is -0.394 e. The summed E-state index contributed by atoms with van der Waals surface area (Å²) in [4.78, 5) is 0. The van der Waals surface area contributed by atoms with Crippen LogP contribution in [-0.4, -0.2) is 26.7 Å². The van der Waals surface area contributed by atoms with E-state index in [4.69, 9.17) is 5.11 Å². The Balaban J connectivity index is 1.97. The normalized spacial score (nSPS) is 10.6. The third-order valence-electron chi connectivity index (χ3n) is 2.31. The standard InChI is InChI=1S/C11H12BrFN4O/c12-10-5-8(13)1-2-11(10)14-6-9-7-17(3-4-18)16-15-9/h1-2,5,7,14,18H,3-4,6H2. The summed E-state index contributed by atoms with van der Waals surface area (Å²) in [6, 6.07) is 4.43. The van der Waals surface area contributed by atoms with E-state index in [1.165, 1.54) is 12.1 Å². The fourth-order valence-electron chi connectivity index (χ4n) is 1.45. The van der Waals surface area contributed by atoms with Gasteiger partial charge in [-0.3, -0.25) is 0 Å². The van der Waals surface area contributed by atoms with Crippen LogP contribution in [-0.2, 0) is 13.1 Å². The van der Waals surface area contributed by atoms with Gasteiger partial charge in [0.1, 0.15) is 11.5 Å². The van der Waals surface area contributed by atoms with Gasteiger partial charge in [0.2, 0.25) is 0 Å². The van der Waals surface area contributed by atoms with Crippen molar-refractivity contribution in [3.05, 3.63) is 40.4 Å². The number of rotatable bonds is 5. The van der Waals surface area contributed by atoms with E-state index in [0.29, 0.717) is 17.6 Å². The number of aliphatic hydroxyl groups excluding tert-OH is 1. The first-order valence-corrected chi connectivity index (χ1v) is 6.17. The Hall–Kier alpha value is -1.47. The Kier molecular flexibility index (Phi) is 4.27. The lowest BCUT2D eigenvalue weighted by molar-refractivity contribution is 0.268. The third-order valence-corrected chi connectivity index (χ3v) is 2.96. The molecule has 7 heteroatoms. The highest BCUT2D eigenvalue weighted by atomic mass is 79.9. The Morgan fingerprint density at radius 1 is 1.44 bits per heavy atom. The Morgan fingerprint density at radius 3 is 3.00 bits per heavy atom. The lowest BCUT2D eigenvalue weighted by Gasteiger charge is -2.06. The van der Waals surface area contributed by atoms with E-state index in [0.717, 1.165) is 11.4 Å². The van der Waals surface area contributed by atoms with Gasteiger partial charge in [-0.25, -0.2) is 9.07 Å². The number of anilines is 1. The van der Waals surface area contributed by atoms with E-state index < -0.39 is 0 Å². The molecule has 0 aliphatic rings. The molecule has 0 amide bonds. The molecular formula is C11H12BrFN4O. The van der Waals surface area contributed by atoms with Crippen LogP contribution in [0, 0.1) is 5.82 Å². The summed E-state index contributed by atoms with van der Waals surface area (Å²) < 4.78 is 15.1.